The Morgan fingerprint density at radius 2 is 0.400 bits per heavy atom. The van der Waals surface area contributed by atoms with Gasteiger partial charge in [-0.1, -0.05) is 63.1 Å². The SMILES string of the molecule is F.F.F.F.F.Fc1cc([S])ccc1Br.Fc1cc([S])ccc1Br.Fc1cc([S])ccc1Br.Fc1cc([S])ccc1Br.Fc1cc([S])ccc1Br. The zero-order valence-corrected chi connectivity index (χ0v) is 36.0. The Morgan fingerprint density at radius 3 is 0.480 bits per heavy atom. The summed E-state index contributed by atoms with van der Waals surface area (Å²) >= 11 is 38.5. The molecule has 0 amide bonds. The quantitative estimate of drug-likeness (QED) is 0.136. The van der Waals surface area contributed by atoms with Gasteiger partial charge in [0.05, 0.1) is 22.4 Å². The van der Waals surface area contributed by atoms with Crippen molar-refractivity contribution >= 4 is 143 Å². The summed E-state index contributed by atoms with van der Waals surface area (Å²) in [5, 5.41) is 0. The Morgan fingerprint density at radius 1 is 0.280 bits per heavy atom. The van der Waals surface area contributed by atoms with Gasteiger partial charge in [0.25, 0.3) is 0 Å². The van der Waals surface area contributed by atoms with Crippen molar-refractivity contribution in [2.45, 2.75) is 24.5 Å². The third-order valence-corrected chi connectivity index (χ3v) is 8.94. The molecule has 5 aromatic carbocycles. The van der Waals surface area contributed by atoms with Gasteiger partial charge in [-0.05, 0) is 171 Å². The highest BCUT2D eigenvalue weighted by atomic mass is 79.9. The summed E-state index contributed by atoms with van der Waals surface area (Å²) in [5.74, 6) is -1.52. The number of benzene rings is 5. The van der Waals surface area contributed by atoms with Gasteiger partial charge in [-0.3, -0.25) is 23.5 Å². The molecule has 0 N–H and O–H groups in total. The molecule has 5 rings (SSSR count). The van der Waals surface area contributed by atoms with E-state index >= 15 is 0 Å². The summed E-state index contributed by atoms with van der Waals surface area (Å²) in [6, 6.07) is 22.8. The van der Waals surface area contributed by atoms with E-state index < -0.39 is 0 Å². The highest BCUT2D eigenvalue weighted by molar-refractivity contribution is 9.11. The molecule has 0 aliphatic rings. The van der Waals surface area contributed by atoms with E-state index in [4.69, 9.17) is 63.1 Å². The maximum absolute atomic E-state index is 12.5. The van der Waals surface area contributed by atoms with E-state index in [-0.39, 0.29) is 52.6 Å². The number of halogens is 15. The standard InChI is InChI=1S/5C6H3BrFS.5FH/c5*7-5-2-1-4(9)3-6(5)8;;;;;/h5*1-3H;5*1H. The molecule has 0 heterocycles. The van der Waals surface area contributed by atoms with Gasteiger partial charge in [0.1, 0.15) is 29.1 Å². The van der Waals surface area contributed by atoms with E-state index in [0.717, 1.165) is 0 Å². The van der Waals surface area contributed by atoms with Crippen LogP contribution in [0.4, 0.5) is 45.5 Å². The van der Waals surface area contributed by atoms with Crippen molar-refractivity contribution in [3.8, 4) is 0 Å². The summed E-state index contributed by atoms with van der Waals surface area (Å²) in [7, 11) is 0. The Kier molecular flexibility index (Phi) is 35.4. The van der Waals surface area contributed by atoms with Crippen molar-refractivity contribution in [3.05, 3.63) is 142 Å². The van der Waals surface area contributed by atoms with E-state index in [0.29, 0.717) is 46.8 Å². The van der Waals surface area contributed by atoms with Gasteiger partial charge < -0.3 is 0 Å². The van der Waals surface area contributed by atoms with Crippen LogP contribution in [0.25, 0.3) is 0 Å². The van der Waals surface area contributed by atoms with Crippen LogP contribution in [0, 0.1) is 29.1 Å². The lowest BCUT2D eigenvalue weighted by Crippen LogP contribution is -1.74. The van der Waals surface area contributed by atoms with Crippen LogP contribution >= 0.6 is 143 Å². The molecule has 50 heavy (non-hydrogen) atoms. The van der Waals surface area contributed by atoms with Gasteiger partial charge in [0.15, 0.2) is 0 Å². The minimum Gasteiger partial charge on any atom is -0.269 e. The summed E-state index contributed by atoms with van der Waals surface area (Å²) in [6.45, 7) is 0. The summed E-state index contributed by atoms with van der Waals surface area (Å²) in [4.78, 5) is 2.62. The van der Waals surface area contributed by atoms with Crippen molar-refractivity contribution in [3.63, 3.8) is 0 Å². The van der Waals surface area contributed by atoms with Gasteiger partial charge in [0, 0.05) is 24.5 Å². The van der Waals surface area contributed by atoms with E-state index in [1.807, 2.05) is 0 Å². The van der Waals surface area contributed by atoms with Crippen molar-refractivity contribution in [1.82, 2.24) is 0 Å². The average Bonchev–Trinajstić information content (AvgIpc) is 2.97. The molecule has 0 aromatic heterocycles. The Hall–Kier alpha value is -1.10. The molecule has 0 aliphatic carbocycles. The molecule has 5 radical (unpaired) electrons. The van der Waals surface area contributed by atoms with E-state index in [1.165, 1.54) is 30.3 Å². The molecule has 20 heteroatoms. The minimum absolute atomic E-state index is 0. The third kappa shape index (κ3) is 24.2. The highest BCUT2D eigenvalue weighted by Crippen LogP contribution is 2.21. The molecule has 0 fully saturated rings. The lowest BCUT2D eigenvalue weighted by molar-refractivity contribution is 0.617. The van der Waals surface area contributed by atoms with Crippen LogP contribution in [0.3, 0.4) is 0 Å². The highest BCUT2D eigenvalue weighted by Gasteiger charge is 1.99. The Labute approximate surface area is 351 Å². The minimum atomic E-state index is -0.303. The largest absolute Gasteiger partial charge is 0.269 e. The number of hydrogen-bond acceptors (Lipinski definition) is 0. The Balaban J connectivity index is -0.000000165. The van der Waals surface area contributed by atoms with Crippen molar-refractivity contribution in [2.75, 3.05) is 0 Å². The second-order valence-electron chi connectivity index (χ2n) is 7.88. The molecule has 5 aromatic rings. The lowest BCUT2D eigenvalue weighted by Gasteiger charge is -1.91. The smallest absolute Gasteiger partial charge is 0.138 e. The molecule has 0 saturated carbocycles. The van der Waals surface area contributed by atoms with Gasteiger partial charge in [0.2, 0.25) is 0 Å². The van der Waals surface area contributed by atoms with E-state index in [9.17, 15) is 22.0 Å². The predicted octanol–water partition coefficient (Wildman–Crippen LogP) is 16.5. The molecule has 0 spiro atoms. The van der Waals surface area contributed by atoms with Gasteiger partial charge in [-0.15, -0.1) is 0 Å². The van der Waals surface area contributed by atoms with Crippen molar-refractivity contribution in [2.24, 2.45) is 0 Å². The number of hydrogen-bond donors (Lipinski definition) is 0. The van der Waals surface area contributed by atoms with Crippen LogP contribution in [0.15, 0.2) is 138 Å². The first-order valence-electron chi connectivity index (χ1n) is 11.6. The normalized spacial score (nSPS) is 8.60. The maximum atomic E-state index is 12.5. The fourth-order valence-corrected chi connectivity index (χ4v) is 4.47. The fourth-order valence-electron chi connectivity index (χ4n) is 2.38. The first kappa shape index (κ1) is 58.2. The zero-order chi connectivity index (χ0) is 34.3. The first-order chi connectivity index (χ1) is 21.0. The van der Waals surface area contributed by atoms with Crippen LogP contribution in [-0.2, 0) is 0 Å². The van der Waals surface area contributed by atoms with Crippen LogP contribution in [0.2, 0.25) is 0 Å². The number of rotatable bonds is 0. The molecule has 275 valence electrons. The molecule has 0 nitrogen and oxygen atoms in total. The zero-order valence-electron chi connectivity index (χ0n) is 24.0. The summed E-state index contributed by atoms with van der Waals surface area (Å²) in [5.41, 5.74) is 0. The fraction of sp³-hybridized carbons (Fsp3) is 0. The molecule has 0 bridgehead atoms. The van der Waals surface area contributed by atoms with Crippen LogP contribution < -0.4 is 0 Å². The van der Waals surface area contributed by atoms with Crippen LogP contribution in [0.5, 0.6) is 0 Å². The molecule has 0 unspecified atom stereocenters. The molecule has 0 saturated heterocycles. The second kappa shape index (κ2) is 30.4. The van der Waals surface area contributed by atoms with E-state index in [1.54, 1.807) is 60.7 Å². The van der Waals surface area contributed by atoms with Crippen LogP contribution in [-0.4, -0.2) is 0 Å². The molecule has 0 aliphatic heterocycles. The topological polar surface area (TPSA) is 0 Å². The predicted molar refractivity (Wildman–Crippen MR) is 212 cm³/mol. The molecular formula is C30H20Br5F10S5. The summed E-state index contributed by atoms with van der Waals surface area (Å²) in [6.07, 6.45) is 0. The maximum Gasteiger partial charge on any atom is 0.138 e. The van der Waals surface area contributed by atoms with Crippen molar-refractivity contribution in [1.29, 1.82) is 0 Å². The van der Waals surface area contributed by atoms with Crippen molar-refractivity contribution < 1.29 is 45.5 Å². The lowest BCUT2D eigenvalue weighted by atomic mass is 10.3. The summed E-state index contributed by atoms with van der Waals surface area (Å²) < 4.78 is 64.6. The van der Waals surface area contributed by atoms with E-state index in [2.05, 4.69) is 79.6 Å². The average molecular weight is 1130 g/mol. The Bertz CT molecular complexity index is 1420. The van der Waals surface area contributed by atoms with Gasteiger partial charge >= 0.3 is 0 Å². The third-order valence-electron chi connectivity index (χ3n) is 4.46. The van der Waals surface area contributed by atoms with Gasteiger partial charge in [-0.2, -0.15) is 0 Å². The molecular weight excluding hydrogens is 1110 g/mol. The monoisotopic (exact) mass is 1120 g/mol. The molecule has 0 atom stereocenters. The van der Waals surface area contributed by atoms with Gasteiger partial charge in [-0.25, -0.2) is 22.0 Å². The van der Waals surface area contributed by atoms with Crippen LogP contribution in [0.1, 0.15) is 0 Å². The second-order valence-corrected chi connectivity index (χ2v) is 14.5. The first-order valence-corrected chi connectivity index (χ1v) is 17.6.